The van der Waals surface area contributed by atoms with Crippen molar-refractivity contribution in [1.82, 2.24) is 18.7 Å². The Labute approximate surface area is 212 Å². The molecule has 2 aliphatic rings. The molecule has 1 N–H and O–H groups in total. The van der Waals surface area contributed by atoms with E-state index in [0.29, 0.717) is 35.3 Å². The summed E-state index contributed by atoms with van der Waals surface area (Å²) in [5.41, 5.74) is 2.52. The van der Waals surface area contributed by atoms with E-state index in [4.69, 9.17) is 0 Å². The summed E-state index contributed by atoms with van der Waals surface area (Å²) in [5, 5.41) is 2.81. The molecule has 1 fully saturated rings. The number of amides is 1. The highest BCUT2D eigenvalue weighted by Gasteiger charge is 2.25. The van der Waals surface area contributed by atoms with E-state index < -0.39 is 11.2 Å². The fraction of sp³-hybridized carbons (Fsp3) is 0.321. The minimum absolute atomic E-state index is 0.0516. The average molecular weight is 498 g/mol. The van der Waals surface area contributed by atoms with Gasteiger partial charge in [0.15, 0.2) is 16.9 Å². The first kappa shape index (κ1) is 23.1. The molecule has 2 aromatic carbocycles. The zero-order valence-electron chi connectivity index (χ0n) is 20.4. The number of Topliss-reactive ketones (excluding diaryl/α,β-unsaturated/α-hetero) is 1. The molecular formula is C28H27N5O4. The van der Waals surface area contributed by atoms with Crippen LogP contribution < -0.4 is 16.6 Å². The quantitative estimate of drug-likeness (QED) is 0.411. The molecule has 188 valence electrons. The molecule has 0 saturated heterocycles. The van der Waals surface area contributed by atoms with Gasteiger partial charge in [0.25, 0.3) is 5.56 Å². The smallest absolute Gasteiger partial charge is 0.326 e. The molecule has 1 amide bonds. The Morgan fingerprint density at radius 3 is 2.54 bits per heavy atom. The van der Waals surface area contributed by atoms with Crippen molar-refractivity contribution in [2.24, 2.45) is 0 Å². The number of hydrogen-bond acceptors (Lipinski definition) is 5. The lowest BCUT2D eigenvalue weighted by molar-refractivity contribution is -0.116. The second kappa shape index (κ2) is 9.31. The molecule has 37 heavy (non-hydrogen) atoms. The molecule has 9 heteroatoms. The number of benzene rings is 2. The molecule has 0 atom stereocenters. The Kier molecular flexibility index (Phi) is 5.82. The van der Waals surface area contributed by atoms with Gasteiger partial charge in [-0.3, -0.25) is 23.5 Å². The Morgan fingerprint density at radius 2 is 1.76 bits per heavy atom. The first-order chi connectivity index (χ1) is 18.0. The van der Waals surface area contributed by atoms with Crippen molar-refractivity contribution in [3.63, 3.8) is 0 Å². The van der Waals surface area contributed by atoms with E-state index in [1.165, 1.54) is 4.57 Å². The fourth-order valence-electron chi connectivity index (χ4n) is 5.50. The number of fused-ring (bicyclic) bond motifs is 2. The van der Waals surface area contributed by atoms with Crippen LogP contribution in [0.15, 0.2) is 64.4 Å². The molecule has 4 aromatic rings. The molecule has 0 unspecified atom stereocenters. The van der Waals surface area contributed by atoms with Crippen LogP contribution in [0.1, 0.15) is 59.6 Å². The second-order valence-corrected chi connectivity index (χ2v) is 9.85. The lowest BCUT2D eigenvalue weighted by atomic mass is 9.99. The lowest BCUT2D eigenvalue weighted by Crippen LogP contribution is -2.42. The summed E-state index contributed by atoms with van der Waals surface area (Å²) in [4.78, 5) is 56.9. The van der Waals surface area contributed by atoms with Crippen LogP contribution in [0.25, 0.3) is 11.2 Å². The number of nitrogens with one attached hydrogen (secondary N) is 1. The summed E-state index contributed by atoms with van der Waals surface area (Å²) in [6.07, 6.45) is 6.63. The van der Waals surface area contributed by atoms with Gasteiger partial charge < -0.3 is 9.88 Å². The van der Waals surface area contributed by atoms with Crippen LogP contribution in [0.2, 0.25) is 0 Å². The third-order valence-electron chi connectivity index (χ3n) is 7.47. The Morgan fingerprint density at radius 1 is 0.973 bits per heavy atom. The van der Waals surface area contributed by atoms with Crippen molar-refractivity contribution in [2.45, 2.75) is 57.7 Å². The topological polar surface area (TPSA) is 108 Å². The van der Waals surface area contributed by atoms with E-state index in [9.17, 15) is 19.2 Å². The lowest BCUT2D eigenvalue weighted by Gasteiger charge is -2.18. The molecule has 0 spiro atoms. The zero-order chi connectivity index (χ0) is 25.5. The van der Waals surface area contributed by atoms with E-state index in [2.05, 4.69) is 10.3 Å². The third kappa shape index (κ3) is 4.20. The van der Waals surface area contributed by atoms with E-state index in [1.807, 2.05) is 34.9 Å². The summed E-state index contributed by atoms with van der Waals surface area (Å²) in [6.45, 7) is -0.131. The van der Waals surface area contributed by atoms with Gasteiger partial charge in [0.1, 0.15) is 0 Å². The van der Waals surface area contributed by atoms with Crippen LogP contribution in [0.3, 0.4) is 0 Å². The molecular weight excluding hydrogens is 470 g/mol. The summed E-state index contributed by atoms with van der Waals surface area (Å²) in [6, 6.07) is 14.7. The molecule has 2 aromatic heterocycles. The summed E-state index contributed by atoms with van der Waals surface area (Å²) in [5.74, 6) is -0.388. The maximum absolute atomic E-state index is 13.7. The summed E-state index contributed by atoms with van der Waals surface area (Å²) < 4.78 is 4.43. The molecule has 0 radical (unpaired) electrons. The third-order valence-corrected chi connectivity index (χ3v) is 7.47. The van der Waals surface area contributed by atoms with E-state index >= 15 is 0 Å². The maximum atomic E-state index is 13.7. The van der Waals surface area contributed by atoms with Crippen molar-refractivity contribution in [3.8, 4) is 0 Å². The Balaban J connectivity index is 1.44. The van der Waals surface area contributed by atoms with E-state index in [1.54, 1.807) is 24.5 Å². The predicted octanol–water partition coefficient (Wildman–Crippen LogP) is 3.29. The largest absolute Gasteiger partial charge is 0.333 e. The van der Waals surface area contributed by atoms with Crippen molar-refractivity contribution in [2.75, 3.05) is 5.32 Å². The van der Waals surface area contributed by atoms with Crippen LogP contribution in [0, 0.1) is 0 Å². The van der Waals surface area contributed by atoms with Gasteiger partial charge in [0.2, 0.25) is 5.91 Å². The van der Waals surface area contributed by atoms with Gasteiger partial charge in [-0.25, -0.2) is 9.78 Å². The van der Waals surface area contributed by atoms with Gasteiger partial charge >= 0.3 is 5.69 Å². The molecule has 9 nitrogen and oxygen atoms in total. The number of nitrogens with zero attached hydrogens (tertiary/aromatic N) is 4. The number of anilines is 1. The highest BCUT2D eigenvalue weighted by molar-refractivity contribution is 5.99. The average Bonchev–Trinajstić information content (AvgIpc) is 3.59. The highest BCUT2D eigenvalue weighted by atomic mass is 16.2. The van der Waals surface area contributed by atoms with Crippen molar-refractivity contribution >= 4 is 28.5 Å². The van der Waals surface area contributed by atoms with E-state index in [-0.39, 0.29) is 30.8 Å². The van der Waals surface area contributed by atoms with Gasteiger partial charge in [-0.15, -0.1) is 0 Å². The summed E-state index contributed by atoms with van der Waals surface area (Å²) >= 11 is 0. The zero-order valence-corrected chi connectivity index (χ0v) is 20.4. The number of rotatable bonds is 6. The van der Waals surface area contributed by atoms with Gasteiger partial charge in [0, 0.05) is 23.7 Å². The van der Waals surface area contributed by atoms with Crippen LogP contribution >= 0.6 is 0 Å². The number of carbonyl (C=O) groups excluding carboxylic acids is 2. The first-order valence-corrected chi connectivity index (χ1v) is 12.7. The highest BCUT2D eigenvalue weighted by Crippen LogP contribution is 2.31. The van der Waals surface area contributed by atoms with Crippen LogP contribution in [0.5, 0.6) is 0 Å². The van der Waals surface area contributed by atoms with Crippen LogP contribution in [-0.2, 0) is 24.3 Å². The predicted molar refractivity (Wildman–Crippen MR) is 139 cm³/mol. The van der Waals surface area contributed by atoms with Gasteiger partial charge in [-0.1, -0.05) is 43.2 Å². The number of aryl methyl sites for hydroxylation is 1. The Hall–Kier alpha value is -4.27. The number of aromatic nitrogens is 4. The van der Waals surface area contributed by atoms with Crippen LogP contribution in [-0.4, -0.2) is 30.4 Å². The minimum atomic E-state index is -0.559. The molecule has 0 bridgehead atoms. The second-order valence-electron chi connectivity index (χ2n) is 9.85. The van der Waals surface area contributed by atoms with Gasteiger partial charge in [-0.2, -0.15) is 0 Å². The van der Waals surface area contributed by atoms with Crippen molar-refractivity contribution in [3.05, 3.63) is 92.4 Å². The number of imidazole rings is 1. The normalized spacial score (nSPS) is 15.6. The fourth-order valence-corrected chi connectivity index (χ4v) is 5.50. The first-order valence-electron chi connectivity index (χ1n) is 12.7. The van der Waals surface area contributed by atoms with Crippen LogP contribution in [0.4, 0.5) is 5.69 Å². The molecule has 1 saturated carbocycles. The number of ketones is 1. The molecule has 1 aliphatic heterocycles. The Bertz CT molecular complexity index is 1640. The SMILES string of the molecule is O=C1CCc2cc(C(=O)Cn3c(=O)c4c(ncn4C4CCCC4)n(Cc4ccccc4)c3=O)ccc2N1. The minimum Gasteiger partial charge on any atom is -0.326 e. The molecule has 3 heterocycles. The molecule has 6 rings (SSSR count). The monoisotopic (exact) mass is 497 g/mol. The number of hydrogen-bond donors (Lipinski definition) is 1. The maximum Gasteiger partial charge on any atom is 0.333 e. The van der Waals surface area contributed by atoms with Crippen molar-refractivity contribution in [1.29, 1.82) is 0 Å². The van der Waals surface area contributed by atoms with Gasteiger partial charge in [-0.05, 0) is 48.6 Å². The number of carbonyl (C=O) groups is 2. The summed E-state index contributed by atoms with van der Waals surface area (Å²) in [7, 11) is 0. The van der Waals surface area contributed by atoms with E-state index in [0.717, 1.165) is 41.4 Å². The standard InChI is InChI=1S/C28H27N5O4/c34-23(20-10-12-22-19(14-20)11-13-24(35)30-22)16-32-27(36)25-26(29-17-33(25)21-8-4-5-9-21)31(28(32)37)15-18-6-2-1-3-7-18/h1-3,6-7,10,12,14,17,21H,4-5,8-9,11,13,15-16H2,(H,30,35). The van der Waals surface area contributed by atoms with Crippen molar-refractivity contribution < 1.29 is 9.59 Å². The molecule has 1 aliphatic carbocycles. The van der Waals surface area contributed by atoms with Gasteiger partial charge in [0.05, 0.1) is 19.4 Å².